The molecule has 0 spiro atoms. The molecule has 0 bridgehead atoms. The number of para-hydroxylation sites is 1. The number of rotatable bonds is 11. The number of aromatic nitrogens is 2. The van der Waals surface area contributed by atoms with Crippen molar-refractivity contribution < 1.29 is 23.2 Å². The van der Waals surface area contributed by atoms with Gasteiger partial charge in [0.25, 0.3) is 5.69 Å². The molecule has 1 saturated carbocycles. The number of aromatic carboxylic acids is 1. The highest BCUT2D eigenvalue weighted by Crippen LogP contribution is 2.35. The summed E-state index contributed by atoms with van der Waals surface area (Å²) < 4.78 is 29.2. The summed E-state index contributed by atoms with van der Waals surface area (Å²) in [5.74, 6) is -0.642. The van der Waals surface area contributed by atoms with Crippen LogP contribution < -0.4 is 4.90 Å². The topological polar surface area (TPSA) is 147 Å². The minimum absolute atomic E-state index is 0.0427. The van der Waals surface area contributed by atoms with Gasteiger partial charge in [-0.05, 0) is 50.3 Å². The molecule has 13 heteroatoms. The highest BCUT2D eigenvalue weighted by atomic mass is 32.2. The van der Waals surface area contributed by atoms with Crippen LogP contribution in [0.1, 0.15) is 61.5 Å². The SMILES string of the molecule is CCc1nc(SC)nc(N2CCCC2CN(CC2CCCC2)S(=O)(=O)c2ccccc2[N+](=O)[O-])c1C(=O)O. The first-order valence-electron chi connectivity index (χ1n) is 12.9. The molecular formula is C25H33N5O6S2. The number of anilines is 1. The van der Waals surface area contributed by atoms with E-state index in [0.29, 0.717) is 36.1 Å². The molecule has 38 heavy (non-hydrogen) atoms. The van der Waals surface area contributed by atoms with Crippen molar-refractivity contribution in [1.82, 2.24) is 14.3 Å². The molecule has 206 valence electrons. The number of carboxylic acids is 1. The zero-order chi connectivity index (χ0) is 27.4. The Hall–Kier alpha value is -2.77. The normalized spacial score (nSPS) is 18.4. The van der Waals surface area contributed by atoms with Crippen molar-refractivity contribution in [3.05, 3.63) is 45.6 Å². The van der Waals surface area contributed by atoms with Crippen molar-refractivity contribution in [2.75, 3.05) is 30.8 Å². The maximum Gasteiger partial charge on any atom is 0.341 e. The second-order valence-corrected chi connectivity index (χ2v) is 12.4. The maximum absolute atomic E-state index is 13.9. The van der Waals surface area contributed by atoms with E-state index in [1.807, 2.05) is 18.1 Å². The Morgan fingerprint density at radius 2 is 1.89 bits per heavy atom. The van der Waals surface area contributed by atoms with Gasteiger partial charge >= 0.3 is 5.97 Å². The van der Waals surface area contributed by atoms with Crippen molar-refractivity contribution in [3.8, 4) is 0 Å². The number of nitro groups is 1. The predicted molar refractivity (Wildman–Crippen MR) is 144 cm³/mol. The summed E-state index contributed by atoms with van der Waals surface area (Å²) in [5.41, 5.74) is 0.0299. The van der Waals surface area contributed by atoms with E-state index >= 15 is 0 Å². The number of hydrogen-bond donors (Lipinski definition) is 1. The number of sulfonamides is 1. The number of nitro benzene ring substituents is 1. The average Bonchev–Trinajstić information content (AvgIpc) is 3.59. The van der Waals surface area contributed by atoms with E-state index in [0.717, 1.165) is 32.1 Å². The van der Waals surface area contributed by atoms with Crippen LogP contribution in [0.5, 0.6) is 0 Å². The molecule has 1 aromatic carbocycles. The molecule has 2 aromatic rings. The van der Waals surface area contributed by atoms with E-state index < -0.39 is 26.6 Å². The smallest absolute Gasteiger partial charge is 0.341 e. The molecule has 0 amide bonds. The second-order valence-electron chi connectivity index (χ2n) is 9.70. The number of thioether (sulfide) groups is 1. The molecule has 0 radical (unpaired) electrons. The van der Waals surface area contributed by atoms with Crippen LogP contribution in [-0.2, 0) is 16.4 Å². The van der Waals surface area contributed by atoms with Crippen molar-refractivity contribution in [3.63, 3.8) is 0 Å². The van der Waals surface area contributed by atoms with Gasteiger partial charge in [-0.1, -0.05) is 43.7 Å². The fourth-order valence-corrected chi connectivity index (χ4v) is 7.59. The largest absolute Gasteiger partial charge is 0.477 e. The predicted octanol–water partition coefficient (Wildman–Crippen LogP) is 4.22. The van der Waals surface area contributed by atoms with Gasteiger partial charge in [-0.2, -0.15) is 4.31 Å². The molecular weight excluding hydrogens is 530 g/mol. The Balaban J connectivity index is 1.74. The average molecular weight is 564 g/mol. The lowest BCUT2D eigenvalue weighted by Gasteiger charge is -2.33. The fraction of sp³-hybridized carbons (Fsp3) is 0.560. The van der Waals surface area contributed by atoms with Gasteiger partial charge in [0.1, 0.15) is 11.4 Å². The second kappa shape index (κ2) is 12.0. The monoisotopic (exact) mass is 563 g/mol. The van der Waals surface area contributed by atoms with Crippen LogP contribution in [0.4, 0.5) is 11.5 Å². The van der Waals surface area contributed by atoms with Crippen LogP contribution in [0, 0.1) is 16.0 Å². The number of carboxylic acid groups (broad SMARTS) is 1. The summed E-state index contributed by atoms with van der Waals surface area (Å²) >= 11 is 1.32. The Bertz CT molecular complexity index is 1300. The van der Waals surface area contributed by atoms with Crippen LogP contribution in [0.2, 0.25) is 0 Å². The molecule has 1 N–H and O–H groups in total. The summed E-state index contributed by atoms with van der Waals surface area (Å²) in [7, 11) is -4.20. The van der Waals surface area contributed by atoms with Gasteiger partial charge in [-0.15, -0.1) is 0 Å². The minimum Gasteiger partial charge on any atom is -0.477 e. The molecule has 1 atom stereocenters. The number of hydrogen-bond acceptors (Lipinski definition) is 9. The van der Waals surface area contributed by atoms with Gasteiger partial charge in [0.15, 0.2) is 10.1 Å². The number of nitrogens with zero attached hydrogens (tertiary/aromatic N) is 5. The van der Waals surface area contributed by atoms with Gasteiger partial charge < -0.3 is 10.0 Å². The van der Waals surface area contributed by atoms with Crippen molar-refractivity contribution in [2.45, 2.75) is 68.0 Å². The fourth-order valence-electron chi connectivity index (χ4n) is 5.50. The lowest BCUT2D eigenvalue weighted by atomic mass is 10.1. The third-order valence-corrected chi connectivity index (χ3v) is 9.78. The van der Waals surface area contributed by atoms with Crippen LogP contribution >= 0.6 is 11.8 Å². The highest BCUT2D eigenvalue weighted by Gasteiger charge is 2.38. The van der Waals surface area contributed by atoms with E-state index in [4.69, 9.17) is 0 Å². The molecule has 1 saturated heterocycles. The van der Waals surface area contributed by atoms with Crippen molar-refractivity contribution in [2.24, 2.45) is 5.92 Å². The van der Waals surface area contributed by atoms with Crippen LogP contribution in [0.25, 0.3) is 0 Å². The summed E-state index contributed by atoms with van der Waals surface area (Å²) in [4.78, 5) is 33.8. The molecule has 1 unspecified atom stereocenters. The molecule has 2 heterocycles. The molecule has 4 rings (SSSR count). The van der Waals surface area contributed by atoms with Gasteiger partial charge in [0.2, 0.25) is 10.0 Å². The van der Waals surface area contributed by atoms with Crippen LogP contribution in [0.15, 0.2) is 34.3 Å². The zero-order valence-electron chi connectivity index (χ0n) is 21.6. The Morgan fingerprint density at radius 1 is 1.18 bits per heavy atom. The van der Waals surface area contributed by atoms with Gasteiger partial charge in [-0.25, -0.2) is 23.2 Å². The van der Waals surface area contributed by atoms with E-state index in [2.05, 4.69) is 9.97 Å². The summed E-state index contributed by atoms with van der Waals surface area (Å²) in [5, 5.41) is 22.2. The summed E-state index contributed by atoms with van der Waals surface area (Å²) in [6.45, 7) is 2.73. The first-order chi connectivity index (χ1) is 18.2. The lowest BCUT2D eigenvalue weighted by Crippen LogP contribution is -2.45. The quantitative estimate of drug-likeness (QED) is 0.182. The van der Waals surface area contributed by atoms with Crippen LogP contribution in [-0.4, -0.2) is 70.6 Å². The number of benzene rings is 1. The van der Waals surface area contributed by atoms with Gasteiger partial charge in [-0.3, -0.25) is 10.1 Å². The minimum atomic E-state index is -4.20. The van der Waals surface area contributed by atoms with Gasteiger partial charge in [0.05, 0.1) is 10.6 Å². The third kappa shape index (κ3) is 5.79. The Labute approximate surface area is 226 Å². The van der Waals surface area contributed by atoms with E-state index in [1.54, 1.807) is 0 Å². The molecule has 1 aliphatic carbocycles. The van der Waals surface area contributed by atoms with Crippen LogP contribution in [0.3, 0.4) is 0 Å². The lowest BCUT2D eigenvalue weighted by molar-refractivity contribution is -0.387. The molecule has 11 nitrogen and oxygen atoms in total. The molecule has 1 aromatic heterocycles. The Morgan fingerprint density at radius 3 is 2.53 bits per heavy atom. The molecule has 2 aliphatic rings. The zero-order valence-corrected chi connectivity index (χ0v) is 23.2. The van der Waals surface area contributed by atoms with E-state index in [1.165, 1.54) is 40.3 Å². The van der Waals surface area contributed by atoms with Crippen molar-refractivity contribution in [1.29, 1.82) is 0 Å². The standard InChI is InChI=1S/C25H33N5O6S2/c1-3-19-22(24(31)32)23(27-25(26-19)37-2)29-14-8-11-18(29)16-28(15-17-9-4-5-10-17)38(35,36)21-13-7-6-12-20(21)30(33)34/h6-7,12-13,17-18H,3-5,8-11,14-16H2,1-2H3,(H,31,32). The number of carbonyl (C=O) groups is 1. The molecule has 1 aliphatic heterocycles. The first kappa shape index (κ1) is 28.2. The van der Waals surface area contributed by atoms with Gasteiger partial charge in [0, 0.05) is 31.7 Å². The third-order valence-electron chi connectivity index (χ3n) is 7.36. The summed E-state index contributed by atoms with van der Waals surface area (Å²) in [6, 6.07) is 5.10. The van der Waals surface area contributed by atoms with E-state index in [9.17, 15) is 28.4 Å². The maximum atomic E-state index is 13.9. The first-order valence-corrected chi connectivity index (χ1v) is 15.5. The number of aryl methyl sites for hydroxylation is 1. The highest BCUT2D eigenvalue weighted by molar-refractivity contribution is 7.98. The van der Waals surface area contributed by atoms with Crippen molar-refractivity contribution >= 4 is 39.3 Å². The Kier molecular flexibility index (Phi) is 8.89. The van der Waals surface area contributed by atoms with E-state index in [-0.39, 0.29) is 35.5 Å². The summed E-state index contributed by atoms with van der Waals surface area (Å²) in [6.07, 6.45) is 7.50. The molecule has 2 fully saturated rings.